The number of aryl methyl sites for hydroxylation is 3. The van der Waals surface area contributed by atoms with Gasteiger partial charge in [0.2, 0.25) is 5.91 Å². The summed E-state index contributed by atoms with van der Waals surface area (Å²) in [4.78, 5) is 27.9. The highest BCUT2D eigenvalue weighted by Gasteiger charge is 2.30. The van der Waals surface area contributed by atoms with Crippen LogP contribution in [0.4, 0.5) is 10.2 Å². The fourth-order valence-corrected chi connectivity index (χ4v) is 4.39. The first kappa shape index (κ1) is 21.7. The zero-order valence-corrected chi connectivity index (χ0v) is 18.5. The number of nitrogens with one attached hydrogen (secondary N) is 2. The minimum absolute atomic E-state index is 0.0506. The number of anilines is 1. The van der Waals surface area contributed by atoms with Gasteiger partial charge in [-0.1, -0.05) is 29.3 Å². The number of nitrogens with zero attached hydrogens (tertiary/aromatic N) is 2. The largest absolute Gasteiger partial charge is 0.338 e. The summed E-state index contributed by atoms with van der Waals surface area (Å²) in [6.07, 6.45) is 1.45. The van der Waals surface area contributed by atoms with Gasteiger partial charge < -0.3 is 10.2 Å². The lowest BCUT2D eigenvalue weighted by Gasteiger charge is -2.32. The van der Waals surface area contributed by atoms with Gasteiger partial charge in [-0.2, -0.15) is 5.10 Å². The Hall–Kier alpha value is -3.48. The van der Waals surface area contributed by atoms with E-state index in [9.17, 15) is 14.0 Å². The molecular weight excluding hydrogens is 407 g/mol. The van der Waals surface area contributed by atoms with E-state index in [-0.39, 0.29) is 23.5 Å². The maximum atomic E-state index is 13.7. The normalized spacial score (nSPS) is 16.1. The van der Waals surface area contributed by atoms with Gasteiger partial charge in [0, 0.05) is 29.9 Å². The van der Waals surface area contributed by atoms with Crippen molar-refractivity contribution in [3.8, 4) is 11.1 Å². The van der Waals surface area contributed by atoms with Gasteiger partial charge in [-0.05, 0) is 63.4 Å². The van der Waals surface area contributed by atoms with Crippen molar-refractivity contribution in [1.29, 1.82) is 0 Å². The maximum absolute atomic E-state index is 13.7. The second kappa shape index (κ2) is 8.94. The van der Waals surface area contributed by atoms with Crippen LogP contribution in [0.3, 0.4) is 0 Å². The molecule has 6 nitrogen and oxygen atoms in total. The van der Waals surface area contributed by atoms with Gasteiger partial charge in [-0.25, -0.2) is 4.39 Å². The zero-order valence-electron chi connectivity index (χ0n) is 18.5. The lowest BCUT2D eigenvalue weighted by molar-refractivity contribution is -0.121. The Labute approximate surface area is 186 Å². The van der Waals surface area contributed by atoms with Crippen LogP contribution in [0, 0.1) is 32.5 Å². The highest BCUT2D eigenvalue weighted by atomic mass is 19.1. The molecule has 1 saturated heterocycles. The molecule has 4 rings (SSSR count). The minimum atomic E-state index is -0.354. The monoisotopic (exact) mass is 434 g/mol. The van der Waals surface area contributed by atoms with Crippen LogP contribution < -0.4 is 5.32 Å². The van der Waals surface area contributed by atoms with Crippen LogP contribution in [0.2, 0.25) is 0 Å². The third-order valence-corrected chi connectivity index (χ3v) is 5.85. The Morgan fingerprint density at radius 3 is 2.59 bits per heavy atom. The molecule has 1 fully saturated rings. The number of likely N-dealkylation sites (tertiary alicyclic amines) is 1. The van der Waals surface area contributed by atoms with E-state index in [4.69, 9.17) is 0 Å². The summed E-state index contributed by atoms with van der Waals surface area (Å²) in [5.74, 6) is -0.558. The molecule has 7 heteroatoms. The number of piperidine rings is 1. The minimum Gasteiger partial charge on any atom is -0.338 e. The highest BCUT2D eigenvalue weighted by molar-refractivity contribution is 5.98. The first-order valence-electron chi connectivity index (χ1n) is 10.8. The lowest BCUT2D eigenvalue weighted by atomic mass is 9.96. The van der Waals surface area contributed by atoms with E-state index in [1.807, 2.05) is 39.0 Å². The molecule has 1 aliphatic rings. The second-order valence-corrected chi connectivity index (χ2v) is 8.54. The van der Waals surface area contributed by atoms with E-state index in [1.165, 1.54) is 12.1 Å². The number of aromatic nitrogens is 2. The fourth-order valence-electron chi connectivity index (χ4n) is 4.39. The molecule has 1 unspecified atom stereocenters. The van der Waals surface area contributed by atoms with Crippen LogP contribution in [-0.2, 0) is 4.79 Å². The molecule has 2 N–H and O–H groups in total. The molecule has 2 heterocycles. The number of aromatic amines is 1. The van der Waals surface area contributed by atoms with Crippen LogP contribution in [-0.4, -0.2) is 40.0 Å². The number of hydrogen-bond donors (Lipinski definition) is 2. The fraction of sp³-hybridized carbons (Fsp3) is 0.320. The first-order valence-corrected chi connectivity index (χ1v) is 10.8. The molecule has 166 valence electrons. The number of benzene rings is 2. The van der Waals surface area contributed by atoms with Crippen molar-refractivity contribution in [2.45, 2.75) is 33.6 Å². The molecule has 0 bridgehead atoms. The average molecular weight is 435 g/mol. The Balaban J connectivity index is 1.49. The van der Waals surface area contributed by atoms with Crippen molar-refractivity contribution in [3.63, 3.8) is 0 Å². The Bertz CT molecular complexity index is 1150. The molecule has 0 radical (unpaired) electrons. The number of carbonyl (C=O) groups excluding carboxylic acids is 2. The van der Waals surface area contributed by atoms with Gasteiger partial charge in [0.1, 0.15) is 5.82 Å². The van der Waals surface area contributed by atoms with E-state index >= 15 is 0 Å². The van der Waals surface area contributed by atoms with Crippen molar-refractivity contribution in [2.24, 2.45) is 5.92 Å². The smallest absolute Gasteiger partial charge is 0.253 e. The number of halogens is 1. The molecule has 1 aliphatic heterocycles. The van der Waals surface area contributed by atoms with Gasteiger partial charge in [0.25, 0.3) is 5.91 Å². The van der Waals surface area contributed by atoms with Gasteiger partial charge in [-0.15, -0.1) is 0 Å². The molecule has 3 aromatic rings. The zero-order chi connectivity index (χ0) is 22.8. The summed E-state index contributed by atoms with van der Waals surface area (Å²) in [6, 6.07) is 12.0. The van der Waals surface area contributed by atoms with Crippen molar-refractivity contribution in [3.05, 3.63) is 70.7 Å². The van der Waals surface area contributed by atoms with E-state index in [0.717, 1.165) is 23.2 Å². The summed E-state index contributed by atoms with van der Waals surface area (Å²) in [6.45, 7) is 6.76. The molecule has 0 spiro atoms. The molecule has 32 heavy (non-hydrogen) atoms. The summed E-state index contributed by atoms with van der Waals surface area (Å²) in [5.41, 5.74) is 4.77. The van der Waals surface area contributed by atoms with E-state index in [2.05, 4.69) is 15.5 Å². The highest BCUT2D eigenvalue weighted by Crippen LogP contribution is 2.31. The predicted molar refractivity (Wildman–Crippen MR) is 122 cm³/mol. The Morgan fingerprint density at radius 1 is 1.12 bits per heavy atom. The maximum Gasteiger partial charge on any atom is 0.253 e. The third-order valence-electron chi connectivity index (χ3n) is 5.85. The quantitative estimate of drug-likeness (QED) is 0.628. The molecular formula is C25H27FN4O2. The molecule has 1 atom stereocenters. The number of H-pyrrole nitrogens is 1. The van der Waals surface area contributed by atoms with Crippen LogP contribution in [0.15, 0.2) is 42.5 Å². The predicted octanol–water partition coefficient (Wildman–Crippen LogP) is 4.63. The standard InChI is InChI=1S/C25H27FN4O2/c1-15-10-16(2)12-20(11-15)25(32)30-9-5-7-19(14-30)24(31)27-23-22(17(3)28-29-23)18-6-4-8-21(26)13-18/h4,6,8,10-13,19H,5,7,9,14H2,1-3H3,(H2,27,28,29,31). The number of hydrogen-bond acceptors (Lipinski definition) is 3. The van der Waals surface area contributed by atoms with Gasteiger partial charge in [0.15, 0.2) is 5.82 Å². The number of carbonyl (C=O) groups is 2. The molecule has 2 aromatic carbocycles. The average Bonchev–Trinajstić information content (AvgIpc) is 3.12. The van der Waals surface area contributed by atoms with E-state index < -0.39 is 0 Å². The van der Waals surface area contributed by atoms with Crippen molar-refractivity contribution in [2.75, 3.05) is 18.4 Å². The van der Waals surface area contributed by atoms with Crippen molar-refractivity contribution < 1.29 is 14.0 Å². The summed E-state index contributed by atoms with van der Waals surface area (Å²) < 4.78 is 13.7. The molecule has 0 saturated carbocycles. The van der Waals surface area contributed by atoms with Gasteiger partial charge >= 0.3 is 0 Å². The number of amides is 2. The molecule has 1 aromatic heterocycles. The summed E-state index contributed by atoms with van der Waals surface area (Å²) in [7, 11) is 0. The van der Waals surface area contributed by atoms with Crippen LogP contribution in [0.25, 0.3) is 11.1 Å². The van der Waals surface area contributed by atoms with Gasteiger partial charge in [-0.3, -0.25) is 14.7 Å². The van der Waals surface area contributed by atoms with Gasteiger partial charge in [0.05, 0.1) is 5.92 Å². The van der Waals surface area contributed by atoms with Crippen molar-refractivity contribution >= 4 is 17.6 Å². The third kappa shape index (κ3) is 4.56. The first-order chi connectivity index (χ1) is 15.3. The SMILES string of the molecule is Cc1cc(C)cc(C(=O)N2CCCC(C(=O)Nc3n[nH]c(C)c3-c3cccc(F)c3)C2)c1. The van der Waals surface area contributed by atoms with E-state index in [1.54, 1.807) is 17.0 Å². The van der Waals surface area contributed by atoms with Crippen LogP contribution in [0.1, 0.15) is 40.0 Å². The molecule has 2 amide bonds. The summed E-state index contributed by atoms with van der Waals surface area (Å²) >= 11 is 0. The summed E-state index contributed by atoms with van der Waals surface area (Å²) in [5, 5.41) is 9.98. The Morgan fingerprint density at radius 2 is 1.88 bits per heavy atom. The van der Waals surface area contributed by atoms with E-state index in [0.29, 0.717) is 42.0 Å². The van der Waals surface area contributed by atoms with Crippen molar-refractivity contribution in [1.82, 2.24) is 15.1 Å². The lowest BCUT2D eigenvalue weighted by Crippen LogP contribution is -2.43. The second-order valence-electron chi connectivity index (χ2n) is 8.54. The molecule has 0 aliphatic carbocycles. The topological polar surface area (TPSA) is 78.1 Å². The number of rotatable bonds is 4. The van der Waals surface area contributed by atoms with Crippen LogP contribution >= 0.6 is 0 Å². The Kier molecular flexibility index (Phi) is 6.08. The van der Waals surface area contributed by atoms with Crippen LogP contribution in [0.5, 0.6) is 0 Å².